The average molecular weight is 559 g/mol. The summed E-state index contributed by atoms with van der Waals surface area (Å²) in [7, 11) is 0. The van der Waals surface area contributed by atoms with Crippen molar-refractivity contribution < 1.29 is 28.5 Å². The third-order valence-corrected chi connectivity index (χ3v) is 6.98. The molecule has 0 unspecified atom stereocenters. The Labute approximate surface area is 242 Å². The highest BCUT2D eigenvalue weighted by molar-refractivity contribution is 5.69. The van der Waals surface area contributed by atoms with E-state index in [4.69, 9.17) is 23.7 Å². The molecule has 0 amide bonds. The van der Waals surface area contributed by atoms with E-state index < -0.39 is 0 Å². The second kappa shape index (κ2) is 35.3. The van der Waals surface area contributed by atoms with Crippen LogP contribution in [0.1, 0.15) is 149 Å². The molecule has 0 fully saturated rings. The summed E-state index contributed by atoms with van der Waals surface area (Å²) in [6.45, 7) is 9.46. The Hall–Kier alpha value is -0.690. The summed E-state index contributed by atoms with van der Waals surface area (Å²) in [5.41, 5.74) is 0. The molecule has 0 aromatic carbocycles. The van der Waals surface area contributed by atoms with Gasteiger partial charge >= 0.3 is 5.97 Å². The largest absolute Gasteiger partial charge is 0.463 e. The molecule has 0 aliphatic carbocycles. The first-order valence-corrected chi connectivity index (χ1v) is 16.8. The fraction of sp³-hybridized carbons (Fsp3) is 0.970. The van der Waals surface area contributed by atoms with Crippen molar-refractivity contribution in [1.82, 2.24) is 0 Å². The Balaban J connectivity index is 3.14. The topological polar surface area (TPSA) is 63.2 Å². The fourth-order valence-electron chi connectivity index (χ4n) is 4.50. The lowest BCUT2D eigenvalue weighted by atomic mass is 10.0. The summed E-state index contributed by atoms with van der Waals surface area (Å²) < 4.78 is 27.2. The standard InChI is InChI=1S/C33H66O6/c1-3-5-7-9-10-11-12-13-14-15-16-17-18-19-21-23-33(34)39-32-31-38-30-29-37-28-27-36-26-25-35-24-22-20-8-6-4-2/h3-32H2,1-2H3. The predicted molar refractivity (Wildman–Crippen MR) is 163 cm³/mol. The molecule has 0 bridgehead atoms. The monoisotopic (exact) mass is 558 g/mol. The van der Waals surface area contributed by atoms with Gasteiger partial charge in [-0.15, -0.1) is 0 Å². The summed E-state index contributed by atoms with van der Waals surface area (Å²) >= 11 is 0. The molecule has 6 heteroatoms. The molecule has 0 N–H and O–H groups in total. The van der Waals surface area contributed by atoms with Crippen LogP contribution in [0.2, 0.25) is 0 Å². The van der Waals surface area contributed by atoms with Crippen LogP contribution in [0.25, 0.3) is 0 Å². The molecule has 0 saturated heterocycles. The van der Waals surface area contributed by atoms with Crippen LogP contribution in [0.4, 0.5) is 0 Å². The molecule has 0 radical (unpaired) electrons. The maximum atomic E-state index is 11.8. The van der Waals surface area contributed by atoms with Crippen LogP contribution in [-0.4, -0.2) is 65.4 Å². The van der Waals surface area contributed by atoms with Gasteiger partial charge in [0.15, 0.2) is 0 Å². The molecule has 234 valence electrons. The molecular formula is C33H66O6. The number of rotatable bonds is 34. The zero-order valence-electron chi connectivity index (χ0n) is 26.2. The molecule has 0 atom stereocenters. The lowest BCUT2D eigenvalue weighted by molar-refractivity contribution is -0.145. The minimum Gasteiger partial charge on any atom is -0.463 e. The molecule has 0 rings (SSSR count). The van der Waals surface area contributed by atoms with Crippen LogP contribution in [-0.2, 0) is 28.5 Å². The van der Waals surface area contributed by atoms with Crippen molar-refractivity contribution in [1.29, 1.82) is 0 Å². The van der Waals surface area contributed by atoms with Crippen molar-refractivity contribution in [2.75, 3.05) is 59.5 Å². The van der Waals surface area contributed by atoms with Gasteiger partial charge in [0.05, 0.1) is 46.2 Å². The van der Waals surface area contributed by atoms with Gasteiger partial charge in [0.25, 0.3) is 0 Å². The van der Waals surface area contributed by atoms with Crippen molar-refractivity contribution >= 4 is 5.97 Å². The lowest BCUT2D eigenvalue weighted by Crippen LogP contribution is -2.14. The fourth-order valence-corrected chi connectivity index (χ4v) is 4.50. The molecule has 0 aliphatic heterocycles. The van der Waals surface area contributed by atoms with E-state index in [1.807, 2.05) is 0 Å². The quantitative estimate of drug-likeness (QED) is 0.0581. The van der Waals surface area contributed by atoms with Gasteiger partial charge in [0.2, 0.25) is 0 Å². The van der Waals surface area contributed by atoms with Crippen molar-refractivity contribution in [2.24, 2.45) is 0 Å². The van der Waals surface area contributed by atoms with Crippen LogP contribution >= 0.6 is 0 Å². The Morgan fingerprint density at radius 2 is 0.667 bits per heavy atom. The summed E-state index contributed by atoms with van der Waals surface area (Å²) in [6, 6.07) is 0. The lowest BCUT2D eigenvalue weighted by Gasteiger charge is -2.08. The first-order chi connectivity index (χ1) is 19.3. The summed E-state index contributed by atoms with van der Waals surface area (Å²) in [6.07, 6.45) is 26.7. The van der Waals surface area contributed by atoms with Gasteiger partial charge in [-0.2, -0.15) is 0 Å². The zero-order chi connectivity index (χ0) is 28.3. The normalized spacial score (nSPS) is 11.3. The summed E-state index contributed by atoms with van der Waals surface area (Å²) in [5.74, 6) is -0.109. The third-order valence-electron chi connectivity index (χ3n) is 6.98. The van der Waals surface area contributed by atoms with Gasteiger partial charge in [-0.25, -0.2) is 0 Å². The third kappa shape index (κ3) is 35.3. The average Bonchev–Trinajstić information content (AvgIpc) is 2.94. The minimum absolute atomic E-state index is 0.109. The molecule has 0 aromatic rings. The van der Waals surface area contributed by atoms with E-state index in [1.165, 1.54) is 109 Å². The first kappa shape index (κ1) is 38.3. The summed E-state index contributed by atoms with van der Waals surface area (Å²) in [4.78, 5) is 11.8. The van der Waals surface area contributed by atoms with Gasteiger partial charge in [-0.3, -0.25) is 4.79 Å². The molecule has 0 aromatic heterocycles. The molecule has 0 heterocycles. The van der Waals surface area contributed by atoms with Gasteiger partial charge in [-0.1, -0.05) is 129 Å². The predicted octanol–water partition coefficient (Wildman–Crippen LogP) is 8.83. The molecule has 0 spiro atoms. The Morgan fingerprint density at radius 1 is 0.359 bits per heavy atom. The number of ether oxygens (including phenoxy) is 5. The Bertz CT molecular complexity index is 459. The van der Waals surface area contributed by atoms with Gasteiger partial charge in [0, 0.05) is 13.0 Å². The number of carbonyl (C=O) groups excluding carboxylic acids is 1. The zero-order valence-corrected chi connectivity index (χ0v) is 26.2. The molecule has 6 nitrogen and oxygen atoms in total. The summed E-state index contributed by atoms with van der Waals surface area (Å²) in [5, 5.41) is 0. The van der Waals surface area contributed by atoms with Crippen molar-refractivity contribution in [2.45, 2.75) is 149 Å². The second-order valence-electron chi connectivity index (χ2n) is 10.8. The highest BCUT2D eigenvalue weighted by Gasteiger charge is 2.03. The van der Waals surface area contributed by atoms with Gasteiger partial charge in [0.1, 0.15) is 6.61 Å². The Morgan fingerprint density at radius 3 is 1.08 bits per heavy atom. The van der Waals surface area contributed by atoms with Crippen LogP contribution in [0.3, 0.4) is 0 Å². The number of unbranched alkanes of at least 4 members (excludes halogenated alkanes) is 18. The van der Waals surface area contributed by atoms with E-state index in [0.29, 0.717) is 59.3 Å². The number of hydrogen-bond donors (Lipinski definition) is 0. The van der Waals surface area contributed by atoms with E-state index in [-0.39, 0.29) is 5.97 Å². The molecule has 39 heavy (non-hydrogen) atoms. The van der Waals surface area contributed by atoms with Crippen LogP contribution in [0, 0.1) is 0 Å². The van der Waals surface area contributed by atoms with Crippen molar-refractivity contribution in [3.63, 3.8) is 0 Å². The highest BCUT2D eigenvalue weighted by atomic mass is 16.6. The van der Waals surface area contributed by atoms with Crippen LogP contribution in [0.15, 0.2) is 0 Å². The van der Waals surface area contributed by atoms with Crippen LogP contribution in [0.5, 0.6) is 0 Å². The van der Waals surface area contributed by atoms with E-state index in [2.05, 4.69) is 13.8 Å². The highest BCUT2D eigenvalue weighted by Crippen LogP contribution is 2.13. The van der Waals surface area contributed by atoms with Gasteiger partial charge < -0.3 is 23.7 Å². The number of carbonyl (C=O) groups is 1. The smallest absolute Gasteiger partial charge is 0.305 e. The SMILES string of the molecule is CCCCCCCCCCCCCCCCCC(=O)OCCOCCOCCOCCOCCCCCCC. The molecule has 0 aliphatic rings. The first-order valence-electron chi connectivity index (χ1n) is 16.8. The van der Waals surface area contributed by atoms with E-state index in [1.54, 1.807) is 0 Å². The number of hydrogen-bond acceptors (Lipinski definition) is 6. The Kier molecular flexibility index (Phi) is 34.7. The van der Waals surface area contributed by atoms with Gasteiger partial charge in [-0.05, 0) is 12.8 Å². The minimum atomic E-state index is -0.109. The second-order valence-corrected chi connectivity index (χ2v) is 10.8. The maximum Gasteiger partial charge on any atom is 0.305 e. The number of esters is 1. The van der Waals surface area contributed by atoms with E-state index in [9.17, 15) is 4.79 Å². The van der Waals surface area contributed by atoms with Crippen molar-refractivity contribution in [3.05, 3.63) is 0 Å². The molecular weight excluding hydrogens is 492 g/mol. The van der Waals surface area contributed by atoms with Crippen LogP contribution < -0.4 is 0 Å². The molecule has 0 saturated carbocycles. The van der Waals surface area contributed by atoms with Crippen molar-refractivity contribution in [3.8, 4) is 0 Å². The van der Waals surface area contributed by atoms with E-state index >= 15 is 0 Å². The maximum absolute atomic E-state index is 11.8. The van der Waals surface area contributed by atoms with E-state index in [0.717, 1.165) is 25.9 Å².